The van der Waals surface area contributed by atoms with Crippen LogP contribution < -0.4 is 0 Å². The molecule has 4 unspecified atom stereocenters. The summed E-state index contributed by atoms with van der Waals surface area (Å²) in [6.45, 7) is 14.5. The molecule has 21 heavy (non-hydrogen) atoms. The van der Waals surface area contributed by atoms with E-state index in [0.717, 1.165) is 23.7 Å². The first-order valence-electron chi connectivity index (χ1n) is 10.1. The van der Waals surface area contributed by atoms with E-state index in [9.17, 15) is 0 Å². The fourth-order valence-electron chi connectivity index (χ4n) is 3.61. The van der Waals surface area contributed by atoms with Crippen molar-refractivity contribution in [2.45, 2.75) is 112 Å². The van der Waals surface area contributed by atoms with E-state index >= 15 is 0 Å². The Balaban J connectivity index is 4.11. The summed E-state index contributed by atoms with van der Waals surface area (Å²) in [7, 11) is 0. The molecule has 128 valence electrons. The fraction of sp³-hybridized carbons (Fsp3) is 1.00. The summed E-state index contributed by atoms with van der Waals surface area (Å²) in [5.74, 6) is 3.75. The van der Waals surface area contributed by atoms with Crippen molar-refractivity contribution in [3.63, 3.8) is 0 Å². The van der Waals surface area contributed by atoms with Crippen LogP contribution in [-0.4, -0.2) is 0 Å². The van der Waals surface area contributed by atoms with Crippen LogP contribution in [0.3, 0.4) is 0 Å². The molecule has 0 aromatic carbocycles. The van der Waals surface area contributed by atoms with Crippen molar-refractivity contribution in [2.75, 3.05) is 0 Å². The number of hydrogen-bond acceptors (Lipinski definition) is 0. The van der Waals surface area contributed by atoms with Gasteiger partial charge < -0.3 is 0 Å². The molecule has 0 nitrogen and oxygen atoms in total. The maximum atomic E-state index is 2.52. The quantitative estimate of drug-likeness (QED) is 0.286. The van der Waals surface area contributed by atoms with Crippen LogP contribution in [0.1, 0.15) is 112 Å². The van der Waals surface area contributed by atoms with Crippen molar-refractivity contribution in [1.29, 1.82) is 0 Å². The summed E-state index contributed by atoms with van der Waals surface area (Å²) in [4.78, 5) is 0. The zero-order valence-electron chi connectivity index (χ0n) is 16.1. The molecule has 0 amide bonds. The fourth-order valence-corrected chi connectivity index (χ4v) is 3.61. The predicted octanol–water partition coefficient (Wildman–Crippen LogP) is 7.86. The van der Waals surface area contributed by atoms with Crippen LogP contribution in [0.4, 0.5) is 0 Å². The van der Waals surface area contributed by atoms with E-state index in [2.05, 4.69) is 41.5 Å². The van der Waals surface area contributed by atoms with Crippen molar-refractivity contribution >= 4 is 0 Å². The topological polar surface area (TPSA) is 0 Å². The van der Waals surface area contributed by atoms with E-state index in [0.29, 0.717) is 0 Å². The molecule has 0 fully saturated rings. The van der Waals surface area contributed by atoms with Crippen LogP contribution in [0, 0.1) is 23.7 Å². The molecule has 0 aliphatic carbocycles. The van der Waals surface area contributed by atoms with Gasteiger partial charge in [0.25, 0.3) is 0 Å². The Kier molecular flexibility index (Phi) is 13.6. The zero-order chi connectivity index (χ0) is 16.1. The van der Waals surface area contributed by atoms with Gasteiger partial charge in [-0.3, -0.25) is 0 Å². The van der Waals surface area contributed by atoms with Gasteiger partial charge in [0.15, 0.2) is 0 Å². The Morgan fingerprint density at radius 3 is 1.62 bits per heavy atom. The molecule has 0 radical (unpaired) electrons. The maximum Gasteiger partial charge on any atom is -0.0388 e. The molecule has 4 atom stereocenters. The molecule has 0 heteroatoms. The van der Waals surface area contributed by atoms with Crippen LogP contribution in [-0.2, 0) is 0 Å². The van der Waals surface area contributed by atoms with Crippen molar-refractivity contribution in [1.82, 2.24) is 0 Å². The van der Waals surface area contributed by atoms with Crippen molar-refractivity contribution in [3.8, 4) is 0 Å². The zero-order valence-corrected chi connectivity index (χ0v) is 16.1. The predicted molar refractivity (Wildman–Crippen MR) is 98.8 cm³/mol. The average Bonchev–Trinajstić information content (AvgIpc) is 2.48. The summed E-state index contributed by atoms with van der Waals surface area (Å²) in [6.07, 6.45) is 15.6. The van der Waals surface area contributed by atoms with Crippen molar-refractivity contribution in [2.24, 2.45) is 23.7 Å². The van der Waals surface area contributed by atoms with E-state index in [-0.39, 0.29) is 0 Å². The maximum absolute atomic E-state index is 2.52. The monoisotopic (exact) mass is 296 g/mol. The number of rotatable bonds is 14. The van der Waals surface area contributed by atoms with E-state index in [1.807, 2.05) is 0 Å². The highest BCUT2D eigenvalue weighted by Gasteiger charge is 2.19. The van der Waals surface area contributed by atoms with Gasteiger partial charge in [0.1, 0.15) is 0 Å². The Hall–Kier alpha value is 0. The first-order chi connectivity index (χ1) is 10.1. The van der Waals surface area contributed by atoms with E-state index in [4.69, 9.17) is 0 Å². The van der Waals surface area contributed by atoms with Gasteiger partial charge in [0.2, 0.25) is 0 Å². The molecule has 0 bridgehead atoms. The number of hydrogen-bond donors (Lipinski definition) is 0. The second-order valence-electron chi connectivity index (χ2n) is 7.70. The molecule has 0 saturated heterocycles. The second kappa shape index (κ2) is 13.6. The molecule has 0 aliphatic heterocycles. The SMILES string of the molecule is CCCCCC(C)C(CCC)CCC(C)C(C)CCCC. The lowest BCUT2D eigenvalue weighted by atomic mass is 9.79. The smallest absolute Gasteiger partial charge is 0.0388 e. The Morgan fingerprint density at radius 1 is 0.476 bits per heavy atom. The lowest BCUT2D eigenvalue weighted by Gasteiger charge is -2.27. The van der Waals surface area contributed by atoms with E-state index in [1.165, 1.54) is 70.6 Å². The Labute approximate surface area is 136 Å². The first kappa shape index (κ1) is 21.0. The highest BCUT2D eigenvalue weighted by atomic mass is 14.2. The lowest BCUT2D eigenvalue weighted by molar-refractivity contribution is 0.245. The van der Waals surface area contributed by atoms with Gasteiger partial charge in [0, 0.05) is 0 Å². The molecule has 0 aliphatic rings. The van der Waals surface area contributed by atoms with Crippen LogP contribution in [0.2, 0.25) is 0 Å². The Bertz CT molecular complexity index is 208. The van der Waals surface area contributed by atoms with E-state index in [1.54, 1.807) is 0 Å². The molecule has 0 aromatic rings. The van der Waals surface area contributed by atoms with Gasteiger partial charge in [-0.1, -0.05) is 106 Å². The second-order valence-corrected chi connectivity index (χ2v) is 7.70. The molecule has 0 aromatic heterocycles. The standard InChI is InChI=1S/C21H44/c1-7-10-12-15-20(6)21(13-9-3)17-16-19(5)18(4)14-11-8-2/h18-21H,7-17H2,1-6H3. The molecule has 0 heterocycles. The van der Waals surface area contributed by atoms with Gasteiger partial charge in [-0.25, -0.2) is 0 Å². The van der Waals surface area contributed by atoms with Crippen LogP contribution in [0.5, 0.6) is 0 Å². The molecule has 0 spiro atoms. The summed E-state index contributed by atoms with van der Waals surface area (Å²) < 4.78 is 0. The van der Waals surface area contributed by atoms with Crippen LogP contribution in [0.15, 0.2) is 0 Å². The van der Waals surface area contributed by atoms with Gasteiger partial charge in [-0.05, 0) is 30.1 Å². The van der Waals surface area contributed by atoms with Crippen molar-refractivity contribution < 1.29 is 0 Å². The normalized spacial score (nSPS) is 17.4. The van der Waals surface area contributed by atoms with Crippen molar-refractivity contribution in [3.05, 3.63) is 0 Å². The minimum Gasteiger partial charge on any atom is -0.0654 e. The minimum absolute atomic E-state index is 0.916. The first-order valence-corrected chi connectivity index (χ1v) is 10.1. The minimum atomic E-state index is 0.916. The average molecular weight is 297 g/mol. The highest BCUT2D eigenvalue weighted by Crippen LogP contribution is 2.31. The third-order valence-electron chi connectivity index (χ3n) is 5.70. The molecular weight excluding hydrogens is 252 g/mol. The van der Waals surface area contributed by atoms with Gasteiger partial charge >= 0.3 is 0 Å². The summed E-state index contributed by atoms with van der Waals surface area (Å²) in [5, 5.41) is 0. The molecule has 0 N–H and O–H groups in total. The lowest BCUT2D eigenvalue weighted by Crippen LogP contribution is -2.15. The summed E-state index contributed by atoms with van der Waals surface area (Å²) in [5.41, 5.74) is 0. The summed E-state index contributed by atoms with van der Waals surface area (Å²) >= 11 is 0. The van der Waals surface area contributed by atoms with Gasteiger partial charge in [-0.2, -0.15) is 0 Å². The highest BCUT2D eigenvalue weighted by molar-refractivity contribution is 4.70. The van der Waals surface area contributed by atoms with E-state index < -0.39 is 0 Å². The largest absolute Gasteiger partial charge is 0.0654 e. The van der Waals surface area contributed by atoms with Gasteiger partial charge in [-0.15, -0.1) is 0 Å². The third kappa shape index (κ3) is 10.4. The molecule has 0 rings (SSSR count). The third-order valence-corrected chi connectivity index (χ3v) is 5.70. The Morgan fingerprint density at radius 2 is 1.05 bits per heavy atom. The van der Waals surface area contributed by atoms with Crippen LogP contribution in [0.25, 0.3) is 0 Å². The number of unbranched alkanes of at least 4 members (excludes halogenated alkanes) is 3. The molecule has 0 saturated carbocycles. The van der Waals surface area contributed by atoms with Gasteiger partial charge in [0.05, 0.1) is 0 Å². The molecular formula is C21H44. The summed E-state index contributed by atoms with van der Waals surface area (Å²) in [6, 6.07) is 0. The van der Waals surface area contributed by atoms with Crippen LogP contribution >= 0.6 is 0 Å².